The molecule has 0 N–H and O–H groups in total. The van der Waals surface area contributed by atoms with E-state index in [1.165, 1.54) is 55.3 Å². The molecule has 0 radical (unpaired) electrons. The molecule has 2 aliphatic rings. The molecular weight excluding hydrogens is 614 g/mol. The average Bonchev–Trinajstić information content (AvgIpc) is 3.35. The van der Waals surface area contributed by atoms with Crippen molar-refractivity contribution < 1.29 is 18.6 Å². The molecule has 2 saturated heterocycles. The number of rotatable bonds is 10. The van der Waals surface area contributed by atoms with E-state index >= 15 is 0 Å². The summed E-state index contributed by atoms with van der Waals surface area (Å²) < 4.78 is 26.6. The maximum absolute atomic E-state index is 6.64. The van der Waals surface area contributed by atoms with Gasteiger partial charge in [-0.25, -0.2) is 0 Å². The van der Waals surface area contributed by atoms with Gasteiger partial charge in [0.25, 0.3) is 0 Å². The Hall–Kier alpha value is -2.89. The molecule has 0 spiro atoms. The average molecular weight is 673 g/mol. The zero-order valence-electron chi connectivity index (χ0n) is 32.8. The molecule has 0 saturated carbocycles. The van der Waals surface area contributed by atoms with Crippen molar-refractivity contribution in [2.45, 2.75) is 144 Å². The normalized spacial score (nSPS) is 19.1. The second-order valence-electron chi connectivity index (χ2n) is 17.3. The second-order valence-corrected chi connectivity index (χ2v) is 17.3. The second kappa shape index (κ2) is 13.6. The smallest absolute Gasteiger partial charge is 0.399 e. The molecule has 2 aliphatic heterocycles. The molecule has 6 heteroatoms. The van der Waals surface area contributed by atoms with Crippen LogP contribution in [0.4, 0.5) is 0 Å². The lowest BCUT2D eigenvalue weighted by Gasteiger charge is -2.32. The molecule has 50 heavy (non-hydrogen) atoms. The zero-order valence-corrected chi connectivity index (χ0v) is 32.8. The molecule has 4 aromatic rings. The van der Waals surface area contributed by atoms with Gasteiger partial charge in [0.2, 0.25) is 0 Å². The van der Waals surface area contributed by atoms with Gasteiger partial charge in [0.15, 0.2) is 0 Å². The molecule has 0 bridgehead atoms. The lowest BCUT2D eigenvalue weighted by atomic mass is 9.73. The van der Waals surface area contributed by atoms with Crippen LogP contribution >= 0.6 is 0 Å². The van der Waals surface area contributed by atoms with Crippen LogP contribution in [0, 0.1) is 27.7 Å². The van der Waals surface area contributed by atoms with Gasteiger partial charge in [-0.2, -0.15) is 0 Å². The third-order valence-corrected chi connectivity index (χ3v) is 11.7. The Morgan fingerprint density at radius 1 is 0.400 bits per heavy atom. The first-order valence-electron chi connectivity index (χ1n) is 18.8. The van der Waals surface area contributed by atoms with Gasteiger partial charge < -0.3 is 18.6 Å². The SMILES string of the molecule is Cc1cc(C)cc(CCCc2cc(B3OC(C)(C)C(C)(C)O3)cc3c(CCCc4cc(C)cc(C)c4)cc(B4OC(C)(C)C(C)(C)O4)cc23)c1. The molecule has 0 unspecified atom stereocenters. The summed E-state index contributed by atoms with van der Waals surface area (Å²) >= 11 is 0. The van der Waals surface area contributed by atoms with Crippen LogP contribution in [0.15, 0.2) is 60.7 Å². The van der Waals surface area contributed by atoms with Crippen LogP contribution in [-0.2, 0) is 44.3 Å². The summed E-state index contributed by atoms with van der Waals surface area (Å²) in [6.45, 7) is 25.8. The summed E-state index contributed by atoms with van der Waals surface area (Å²) in [5, 5.41) is 2.55. The fraction of sp³-hybridized carbons (Fsp3) is 0.500. The topological polar surface area (TPSA) is 36.9 Å². The van der Waals surface area contributed by atoms with Crippen LogP contribution in [0.25, 0.3) is 10.8 Å². The first-order valence-corrected chi connectivity index (χ1v) is 18.8. The highest BCUT2D eigenvalue weighted by Gasteiger charge is 2.53. The Morgan fingerprint density at radius 2 is 0.700 bits per heavy atom. The van der Waals surface area contributed by atoms with Crippen LogP contribution in [0.1, 0.15) is 113 Å². The van der Waals surface area contributed by atoms with Gasteiger partial charge in [-0.3, -0.25) is 0 Å². The van der Waals surface area contributed by atoms with E-state index in [-0.39, 0.29) is 0 Å². The van der Waals surface area contributed by atoms with Crippen molar-refractivity contribution in [3.05, 3.63) is 105 Å². The molecule has 6 rings (SSSR count). The molecule has 4 nitrogen and oxygen atoms in total. The molecule has 4 aromatic carbocycles. The standard InChI is InChI=1S/C44H58B2O4/c1-29-19-30(2)22-33(21-29)15-13-17-35-25-37(45-47-41(5,6)42(7,8)48-45)28-40-36(18-14-16-34-23-31(3)20-32(4)24-34)26-38(27-39(35)40)46-49-43(9,10)44(11,12)50-46/h19-28H,13-18H2,1-12H3. The third kappa shape index (κ3) is 7.65. The van der Waals surface area contributed by atoms with E-state index in [2.05, 4.69) is 144 Å². The highest BCUT2D eigenvalue weighted by molar-refractivity contribution is 6.63. The minimum absolute atomic E-state index is 0.412. The first-order chi connectivity index (χ1) is 23.3. The van der Waals surface area contributed by atoms with Gasteiger partial charge in [0.1, 0.15) is 0 Å². The van der Waals surface area contributed by atoms with Gasteiger partial charge in [0.05, 0.1) is 22.4 Å². The highest BCUT2D eigenvalue weighted by atomic mass is 16.7. The Labute approximate surface area is 302 Å². The van der Waals surface area contributed by atoms with Crippen LogP contribution < -0.4 is 10.9 Å². The largest absolute Gasteiger partial charge is 0.494 e. The monoisotopic (exact) mass is 672 g/mol. The zero-order chi connectivity index (χ0) is 36.2. The van der Waals surface area contributed by atoms with Crippen molar-refractivity contribution in [2.24, 2.45) is 0 Å². The number of aryl methyl sites for hydroxylation is 8. The molecule has 0 aliphatic carbocycles. The van der Waals surface area contributed by atoms with Gasteiger partial charge in [-0.05, 0) is 166 Å². The van der Waals surface area contributed by atoms with Gasteiger partial charge in [-0.15, -0.1) is 0 Å². The minimum Gasteiger partial charge on any atom is -0.399 e. The van der Waals surface area contributed by atoms with Gasteiger partial charge in [0, 0.05) is 0 Å². The quantitative estimate of drug-likeness (QED) is 0.158. The van der Waals surface area contributed by atoms with Crippen molar-refractivity contribution >= 4 is 35.9 Å². The van der Waals surface area contributed by atoms with Crippen molar-refractivity contribution in [1.29, 1.82) is 0 Å². The fourth-order valence-electron chi connectivity index (χ4n) is 7.70. The predicted octanol–water partition coefficient (Wildman–Crippen LogP) is 9.02. The summed E-state index contributed by atoms with van der Waals surface area (Å²) in [5.41, 5.74) is 11.3. The summed E-state index contributed by atoms with van der Waals surface area (Å²) in [4.78, 5) is 0. The number of fused-ring (bicyclic) bond motifs is 1. The molecule has 2 fully saturated rings. The molecule has 264 valence electrons. The Bertz CT molecular complexity index is 1680. The van der Waals surface area contributed by atoms with E-state index in [4.69, 9.17) is 18.6 Å². The molecule has 0 aromatic heterocycles. The lowest BCUT2D eigenvalue weighted by Crippen LogP contribution is -2.41. The van der Waals surface area contributed by atoms with E-state index in [1.54, 1.807) is 0 Å². The molecule has 0 atom stereocenters. The molecular formula is C44H58B2O4. The highest BCUT2D eigenvalue weighted by Crippen LogP contribution is 2.39. The van der Waals surface area contributed by atoms with Crippen molar-refractivity contribution in [3.8, 4) is 0 Å². The fourth-order valence-corrected chi connectivity index (χ4v) is 7.70. The summed E-state index contributed by atoms with van der Waals surface area (Å²) in [5.74, 6) is 0. The summed E-state index contributed by atoms with van der Waals surface area (Å²) in [7, 11) is -0.845. The molecule has 2 heterocycles. The number of benzene rings is 4. The molecule has 0 amide bonds. The van der Waals surface area contributed by atoms with E-state index in [0.29, 0.717) is 0 Å². The van der Waals surface area contributed by atoms with E-state index in [0.717, 1.165) is 49.5 Å². The Kier molecular flexibility index (Phi) is 10.0. The van der Waals surface area contributed by atoms with Crippen LogP contribution in [0.5, 0.6) is 0 Å². The summed E-state index contributed by atoms with van der Waals surface area (Å²) in [6, 6.07) is 23.2. The van der Waals surface area contributed by atoms with Crippen LogP contribution in [0.2, 0.25) is 0 Å². The minimum atomic E-state index is -0.423. The van der Waals surface area contributed by atoms with E-state index < -0.39 is 36.6 Å². The Morgan fingerprint density at radius 3 is 1.00 bits per heavy atom. The maximum atomic E-state index is 6.64. The van der Waals surface area contributed by atoms with Gasteiger partial charge in [-0.1, -0.05) is 82.9 Å². The van der Waals surface area contributed by atoms with Gasteiger partial charge >= 0.3 is 14.2 Å². The van der Waals surface area contributed by atoms with E-state index in [9.17, 15) is 0 Å². The third-order valence-electron chi connectivity index (χ3n) is 11.7. The maximum Gasteiger partial charge on any atom is 0.494 e. The van der Waals surface area contributed by atoms with Crippen molar-refractivity contribution in [2.75, 3.05) is 0 Å². The Balaban J connectivity index is 1.42. The lowest BCUT2D eigenvalue weighted by molar-refractivity contribution is 0.00578. The predicted molar refractivity (Wildman–Crippen MR) is 211 cm³/mol. The first kappa shape index (κ1) is 36.9. The van der Waals surface area contributed by atoms with Crippen molar-refractivity contribution in [3.63, 3.8) is 0 Å². The van der Waals surface area contributed by atoms with Crippen LogP contribution in [-0.4, -0.2) is 36.6 Å². The summed E-state index contributed by atoms with van der Waals surface area (Å²) in [6.07, 6.45) is 6.06. The number of hydrogen-bond acceptors (Lipinski definition) is 4. The van der Waals surface area contributed by atoms with Crippen LogP contribution in [0.3, 0.4) is 0 Å². The number of hydrogen-bond donors (Lipinski definition) is 0. The van der Waals surface area contributed by atoms with Crippen molar-refractivity contribution in [1.82, 2.24) is 0 Å². The van der Waals surface area contributed by atoms with E-state index in [1.807, 2.05) is 0 Å².